The number of ether oxygens (including phenoxy) is 3. The van der Waals surface area contributed by atoms with Gasteiger partial charge in [-0.05, 0) is 30.3 Å². The monoisotopic (exact) mass is 403 g/mol. The van der Waals surface area contributed by atoms with Gasteiger partial charge >= 0.3 is 0 Å². The molecule has 0 unspecified atom stereocenters. The summed E-state index contributed by atoms with van der Waals surface area (Å²) in [5.41, 5.74) is 1.65. The van der Waals surface area contributed by atoms with Gasteiger partial charge in [-0.25, -0.2) is 4.98 Å². The van der Waals surface area contributed by atoms with E-state index in [-0.39, 0.29) is 12.7 Å². The van der Waals surface area contributed by atoms with Crippen LogP contribution in [0.2, 0.25) is 5.02 Å². The average molecular weight is 404 g/mol. The molecule has 2 aromatic carbocycles. The van der Waals surface area contributed by atoms with Gasteiger partial charge in [-0.15, -0.1) is 11.3 Å². The van der Waals surface area contributed by atoms with Crippen LogP contribution < -0.4 is 24.8 Å². The number of aromatic nitrogens is 1. The number of nitrogens with zero attached hydrogens (tertiary/aromatic N) is 1. The third-order valence-electron chi connectivity index (χ3n) is 3.77. The van der Waals surface area contributed by atoms with Crippen LogP contribution in [0.4, 0.5) is 16.5 Å². The number of hydrogen-bond donors (Lipinski definition) is 2. The minimum atomic E-state index is -0.328. The van der Waals surface area contributed by atoms with Crippen LogP contribution in [0.3, 0.4) is 0 Å². The van der Waals surface area contributed by atoms with Gasteiger partial charge < -0.3 is 24.8 Å². The molecule has 4 rings (SSSR count). The summed E-state index contributed by atoms with van der Waals surface area (Å²) < 4.78 is 15.7. The van der Waals surface area contributed by atoms with E-state index in [1.54, 1.807) is 23.6 Å². The molecule has 0 radical (unpaired) electrons. The smallest absolute Gasteiger partial charge is 0.275 e. The number of carbonyl (C=O) groups excluding carboxylic acids is 1. The van der Waals surface area contributed by atoms with Crippen molar-refractivity contribution in [1.29, 1.82) is 0 Å². The number of amides is 1. The molecule has 1 aliphatic heterocycles. The van der Waals surface area contributed by atoms with Gasteiger partial charge in [0.1, 0.15) is 11.4 Å². The van der Waals surface area contributed by atoms with Crippen molar-refractivity contribution >= 4 is 45.4 Å². The first-order valence-corrected chi connectivity index (χ1v) is 9.15. The molecule has 1 aromatic heterocycles. The number of benzene rings is 2. The number of nitrogens with one attached hydrogen (secondary N) is 2. The molecule has 0 atom stereocenters. The van der Waals surface area contributed by atoms with Crippen molar-refractivity contribution in [2.24, 2.45) is 0 Å². The number of anilines is 3. The van der Waals surface area contributed by atoms with E-state index in [2.05, 4.69) is 15.6 Å². The Bertz CT molecular complexity index is 1010. The van der Waals surface area contributed by atoms with Crippen molar-refractivity contribution in [3.8, 4) is 17.2 Å². The van der Waals surface area contributed by atoms with E-state index in [9.17, 15) is 4.79 Å². The molecule has 0 bridgehead atoms. The second-order valence-corrected chi connectivity index (χ2v) is 6.80. The maximum absolute atomic E-state index is 12.4. The van der Waals surface area contributed by atoms with Gasteiger partial charge in [0.2, 0.25) is 6.79 Å². The zero-order chi connectivity index (χ0) is 18.8. The van der Waals surface area contributed by atoms with Crippen molar-refractivity contribution < 1.29 is 19.0 Å². The maximum atomic E-state index is 12.4. The fourth-order valence-electron chi connectivity index (χ4n) is 2.47. The molecule has 1 amide bonds. The predicted molar refractivity (Wildman–Crippen MR) is 104 cm³/mol. The van der Waals surface area contributed by atoms with Gasteiger partial charge in [0.15, 0.2) is 16.6 Å². The summed E-state index contributed by atoms with van der Waals surface area (Å²) in [5, 5.41) is 8.60. The van der Waals surface area contributed by atoms with Gasteiger partial charge in [-0.1, -0.05) is 11.6 Å². The highest BCUT2D eigenvalue weighted by Crippen LogP contribution is 2.35. The third kappa shape index (κ3) is 3.76. The Morgan fingerprint density at radius 3 is 2.81 bits per heavy atom. The SMILES string of the molecule is COc1ccc(NC(=O)c2csc(Nc3ccc4c(c3)OCO4)n2)cc1Cl. The van der Waals surface area contributed by atoms with Crippen LogP contribution in [0.15, 0.2) is 41.8 Å². The highest BCUT2D eigenvalue weighted by atomic mass is 35.5. The van der Waals surface area contributed by atoms with Crippen molar-refractivity contribution in [2.75, 3.05) is 24.5 Å². The van der Waals surface area contributed by atoms with E-state index in [0.717, 1.165) is 5.69 Å². The van der Waals surface area contributed by atoms with Crippen LogP contribution in [0.5, 0.6) is 17.2 Å². The Balaban J connectivity index is 1.44. The maximum Gasteiger partial charge on any atom is 0.275 e. The fourth-order valence-corrected chi connectivity index (χ4v) is 3.44. The van der Waals surface area contributed by atoms with Crippen molar-refractivity contribution in [1.82, 2.24) is 4.98 Å². The normalized spacial score (nSPS) is 11.9. The zero-order valence-electron chi connectivity index (χ0n) is 14.1. The van der Waals surface area contributed by atoms with Crippen LogP contribution in [-0.2, 0) is 0 Å². The Kier molecular flexibility index (Phi) is 4.74. The van der Waals surface area contributed by atoms with Gasteiger partial charge in [0.05, 0.1) is 12.1 Å². The molecule has 9 heteroatoms. The molecule has 138 valence electrons. The van der Waals surface area contributed by atoms with E-state index in [0.29, 0.717) is 38.8 Å². The fraction of sp³-hybridized carbons (Fsp3) is 0.111. The highest BCUT2D eigenvalue weighted by molar-refractivity contribution is 7.14. The molecule has 7 nitrogen and oxygen atoms in total. The topological polar surface area (TPSA) is 81.7 Å². The predicted octanol–water partition coefficient (Wildman–Crippen LogP) is 4.53. The van der Waals surface area contributed by atoms with Crippen molar-refractivity contribution in [3.63, 3.8) is 0 Å². The van der Waals surface area contributed by atoms with E-state index in [1.165, 1.54) is 18.4 Å². The van der Waals surface area contributed by atoms with Crippen LogP contribution in [0, 0.1) is 0 Å². The molecule has 2 N–H and O–H groups in total. The minimum Gasteiger partial charge on any atom is -0.495 e. The lowest BCUT2D eigenvalue weighted by molar-refractivity contribution is 0.102. The Labute approximate surface area is 163 Å². The molecule has 0 saturated heterocycles. The summed E-state index contributed by atoms with van der Waals surface area (Å²) in [4.78, 5) is 16.7. The van der Waals surface area contributed by atoms with Crippen LogP contribution in [0.1, 0.15) is 10.5 Å². The number of fused-ring (bicyclic) bond motifs is 1. The largest absolute Gasteiger partial charge is 0.495 e. The number of thiazole rings is 1. The lowest BCUT2D eigenvalue weighted by atomic mass is 10.3. The van der Waals surface area contributed by atoms with Gasteiger partial charge in [0.25, 0.3) is 5.91 Å². The lowest BCUT2D eigenvalue weighted by Gasteiger charge is -2.07. The number of hydrogen-bond acceptors (Lipinski definition) is 7. The second-order valence-electron chi connectivity index (χ2n) is 5.53. The Hall–Kier alpha value is -2.97. The summed E-state index contributed by atoms with van der Waals surface area (Å²) in [6.07, 6.45) is 0. The molecule has 27 heavy (non-hydrogen) atoms. The Morgan fingerprint density at radius 2 is 2.00 bits per heavy atom. The van der Waals surface area contributed by atoms with Crippen LogP contribution in [-0.4, -0.2) is 24.8 Å². The summed E-state index contributed by atoms with van der Waals surface area (Å²) in [6, 6.07) is 10.5. The lowest BCUT2D eigenvalue weighted by Crippen LogP contribution is -2.12. The van der Waals surface area contributed by atoms with E-state index in [1.807, 2.05) is 18.2 Å². The molecule has 0 fully saturated rings. The van der Waals surface area contributed by atoms with Crippen LogP contribution >= 0.6 is 22.9 Å². The molecule has 2 heterocycles. The van der Waals surface area contributed by atoms with Crippen molar-refractivity contribution in [3.05, 3.63) is 52.5 Å². The van der Waals surface area contributed by atoms with Gasteiger partial charge in [0, 0.05) is 22.8 Å². The van der Waals surface area contributed by atoms with Gasteiger partial charge in [-0.2, -0.15) is 0 Å². The first-order valence-electron chi connectivity index (χ1n) is 7.89. The molecular formula is C18H14ClN3O4S. The van der Waals surface area contributed by atoms with Gasteiger partial charge in [-0.3, -0.25) is 4.79 Å². The number of methoxy groups -OCH3 is 1. The zero-order valence-corrected chi connectivity index (χ0v) is 15.7. The molecule has 0 saturated carbocycles. The summed E-state index contributed by atoms with van der Waals surface area (Å²) >= 11 is 7.40. The Morgan fingerprint density at radius 1 is 1.19 bits per heavy atom. The summed E-state index contributed by atoms with van der Waals surface area (Å²) in [5.74, 6) is 1.59. The first kappa shape index (κ1) is 17.4. The molecule has 0 aliphatic carbocycles. The third-order valence-corrected chi connectivity index (χ3v) is 4.82. The number of rotatable bonds is 5. The standard InChI is InChI=1S/C18H14ClN3O4S/c1-24-14-4-2-10(6-12(14)19)20-17(23)13-8-27-18(22-13)21-11-3-5-15-16(7-11)26-9-25-15/h2-8H,9H2,1H3,(H,20,23)(H,21,22). The van der Waals surface area contributed by atoms with E-state index < -0.39 is 0 Å². The average Bonchev–Trinajstić information content (AvgIpc) is 3.31. The summed E-state index contributed by atoms with van der Waals surface area (Å²) in [7, 11) is 1.53. The molecule has 3 aromatic rings. The van der Waals surface area contributed by atoms with E-state index in [4.69, 9.17) is 25.8 Å². The molecule has 0 spiro atoms. The second kappa shape index (κ2) is 7.34. The molecular weight excluding hydrogens is 390 g/mol. The quantitative estimate of drug-likeness (QED) is 0.651. The van der Waals surface area contributed by atoms with E-state index >= 15 is 0 Å². The summed E-state index contributed by atoms with van der Waals surface area (Å²) in [6.45, 7) is 0.218. The van der Waals surface area contributed by atoms with Crippen LogP contribution in [0.25, 0.3) is 0 Å². The van der Waals surface area contributed by atoms with Crippen molar-refractivity contribution in [2.45, 2.75) is 0 Å². The highest BCUT2D eigenvalue weighted by Gasteiger charge is 2.15. The molecule has 1 aliphatic rings. The first-order chi connectivity index (χ1) is 13.1. The minimum absolute atomic E-state index is 0.218. The number of halogens is 1. The number of carbonyl (C=O) groups is 1.